The summed E-state index contributed by atoms with van der Waals surface area (Å²) in [5.41, 5.74) is 3.47. The molecule has 4 rings (SSSR count). The van der Waals surface area contributed by atoms with Gasteiger partial charge in [-0.2, -0.15) is 0 Å². The Balaban J connectivity index is 1.46. The third kappa shape index (κ3) is 4.37. The van der Waals surface area contributed by atoms with Gasteiger partial charge in [-0.15, -0.1) is 11.3 Å². The third-order valence-corrected chi connectivity index (χ3v) is 5.18. The molecule has 0 spiro atoms. The molecule has 142 valence electrons. The molecule has 3 aromatic rings. The molecule has 1 aliphatic carbocycles. The number of thiazole rings is 1. The average molecular weight is 392 g/mol. The van der Waals surface area contributed by atoms with Gasteiger partial charge in [-0.25, -0.2) is 4.98 Å². The van der Waals surface area contributed by atoms with E-state index < -0.39 is 0 Å². The number of hydrogen-bond donors (Lipinski definition) is 3. The fourth-order valence-electron chi connectivity index (χ4n) is 2.66. The van der Waals surface area contributed by atoms with Gasteiger partial charge in [0.25, 0.3) is 11.8 Å². The molecule has 1 aliphatic rings. The molecule has 0 saturated heterocycles. The SMILES string of the molecule is Cc1ccc(C(=O)NC2CC2)cc1Nc1nc(C(=O)Nc2ccccc2)cs1. The van der Waals surface area contributed by atoms with Crippen molar-refractivity contribution >= 4 is 39.7 Å². The van der Waals surface area contributed by atoms with Gasteiger partial charge in [-0.1, -0.05) is 24.3 Å². The Labute approximate surface area is 167 Å². The summed E-state index contributed by atoms with van der Waals surface area (Å²) in [4.78, 5) is 29.0. The van der Waals surface area contributed by atoms with Gasteiger partial charge in [0.2, 0.25) is 0 Å². The number of hydrogen-bond acceptors (Lipinski definition) is 5. The number of benzene rings is 2. The summed E-state index contributed by atoms with van der Waals surface area (Å²) in [5.74, 6) is -0.322. The minimum absolute atomic E-state index is 0.0624. The van der Waals surface area contributed by atoms with Crippen LogP contribution in [0.4, 0.5) is 16.5 Å². The van der Waals surface area contributed by atoms with Crippen molar-refractivity contribution in [3.05, 3.63) is 70.7 Å². The fourth-order valence-corrected chi connectivity index (χ4v) is 3.36. The molecule has 28 heavy (non-hydrogen) atoms. The number of aromatic nitrogens is 1. The number of aryl methyl sites for hydroxylation is 1. The van der Waals surface area contributed by atoms with Crippen molar-refractivity contribution in [1.29, 1.82) is 0 Å². The number of nitrogens with one attached hydrogen (secondary N) is 3. The Bertz CT molecular complexity index is 1010. The minimum Gasteiger partial charge on any atom is -0.349 e. The monoisotopic (exact) mass is 392 g/mol. The van der Waals surface area contributed by atoms with E-state index in [0.717, 1.165) is 29.8 Å². The molecule has 0 bridgehead atoms. The van der Waals surface area contributed by atoms with Gasteiger partial charge in [0, 0.05) is 28.4 Å². The van der Waals surface area contributed by atoms with Gasteiger partial charge in [0.15, 0.2) is 5.13 Å². The average Bonchev–Trinajstić information content (AvgIpc) is 3.38. The van der Waals surface area contributed by atoms with Crippen LogP contribution in [0, 0.1) is 6.92 Å². The highest BCUT2D eigenvalue weighted by Gasteiger charge is 2.24. The number of anilines is 3. The van der Waals surface area contributed by atoms with Crippen LogP contribution in [0.1, 0.15) is 39.3 Å². The molecular formula is C21H20N4O2S. The summed E-state index contributed by atoms with van der Waals surface area (Å²) >= 11 is 1.34. The van der Waals surface area contributed by atoms with Gasteiger partial charge in [-0.05, 0) is 49.6 Å². The molecular weight excluding hydrogens is 372 g/mol. The zero-order valence-corrected chi connectivity index (χ0v) is 16.2. The predicted octanol–water partition coefficient (Wildman–Crippen LogP) is 4.34. The van der Waals surface area contributed by atoms with E-state index in [1.54, 1.807) is 5.38 Å². The van der Waals surface area contributed by atoms with E-state index in [2.05, 4.69) is 20.9 Å². The summed E-state index contributed by atoms with van der Waals surface area (Å²) in [6, 6.07) is 15.1. The maximum Gasteiger partial charge on any atom is 0.275 e. The van der Waals surface area contributed by atoms with Crippen LogP contribution >= 0.6 is 11.3 Å². The van der Waals surface area contributed by atoms with Crippen molar-refractivity contribution in [2.75, 3.05) is 10.6 Å². The lowest BCUT2D eigenvalue weighted by Gasteiger charge is -2.10. The van der Waals surface area contributed by atoms with Crippen molar-refractivity contribution < 1.29 is 9.59 Å². The highest BCUT2D eigenvalue weighted by atomic mass is 32.1. The molecule has 7 heteroatoms. The first-order valence-corrected chi connectivity index (χ1v) is 9.97. The molecule has 2 amide bonds. The third-order valence-electron chi connectivity index (χ3n) is 4.42. The van der Waals surface area contributed by atoms with Crippen LogP contribution in [-0.4, -0.2) is 22.8 Å². The Kier molecular flexibility index (Phi) is 5.08. The van der Waals surface area contributed by atoms with Crippen molar-refractivity contribution in [3.63, 3.8) is 0 Å². The lowest BCUT2D eigenvalue weighted by atomic mass is 10.1. The van der Waals surface area contributed by atoms with E-state index in [4.69, 9.17) is 0 Å². The number of rotatable bonds is 6. The molecule has 1 fully saturated rings. The van der Waals surface area contributed by atoms with E-state index >= 15 is 0 Å². The predicted molar refractivity (Wildman–Crippen MR) is 111 cm³/mol. The molecule has 0 unspecified atom stereocenters. The molecule has 3 N–H and O–H groups in total. The normalized spacial score (nSPS) is 13.0. The first kappa shape index (κ1) is 18.2. The minimum atomic E-state index is -0.259. The van der Waals surface area contributed by atoms with Crippen LogP contribution in [0.25, 0.3) is 0 Å². The first-order chi connectivity index (χ1) is 13.6. The van der Waals surface area contributed by atoms with E-state index in [1.807, 2.05) is 55.5 Å². The van der Waals surface area contributed by atoms with E-state index in [0.29, 0.717) is 22.4 Å². The van der Waals surface area contributed by atoms with Crippen LogP contribution in [0.5, 0.6) is 0 Å². The Morgan fingerprint density at radius 3 is 2.61 bits per heavy atom. The molecule has 1 heterocycles. The summed E-state index contributed by atoms with van der Waals surface area (Å²) in [6.07, 6.45) is 2.10. The molecule has 1 saturated carbocycles. The van der Waals surface area contributed by atoms with Crippen molar-refractivity contribution in [2.45, 2.75) is 25.8 Å². The highest BCUT2D eigenvalue weighted by Crippen LogP contribution is 2.26. The smallest absolute Gasteiger partial charge is 0.275 e. The number of nitrogens with zero attached hydrogens (tertiary/aromatic N) is 1. The highest BCUT2D eigenvalue weighted by molar-refractivity contribution is 7.14. The van der Waals surface area contributed by atoms with Gasteiger partial charge in [0.1, 0.15) is 5.69 Å². The second kappa shape index (κ2) is 7.82. The standard InChI is InChI=1S/C21H20N4O2S/c1-13-7-8-14(19(26)22-16-9-10-16)11-17(13)24-21-25-18(12-28-21)20(27)23-15-5-3-2-4-6-15/h2-8,11-12,16H,9-10H2,1H3,(H,22,26)(H,23,27)(H,24,25). The maximum absolute atomic E-state index is 12.4. The first-order valence-electron chi connectivity index (χ1n) is 9.09. The number of carbonyl (C=O) groups is 2. The van der Waals surface area contributed by atoms with Crippen LogP contribution in [0.2, 0.25) is 0 Å². The van der Waals surface area contributed by atoms with Crippen molar-refractivity contribution in [3.8, 4) is 0 Å². The number of amides is 2. The molecule has 0 radical (unpaired) electrons. The zero-order valence-electron chi connectivity index (χ0n) is 15.4. The van der Waals surface area contributed by atoms with Gasteiger partial charge in [0.05, 0.1) is 0 Å². The Morgan fingerprint density at radius 2 is 1.86 bits per heavy atom. The van der Waals surface area contributed by atoms with Crippen LogP contribution in [-0.2, 0) is 0 Å². The molecule has 1 aromatic heterocycles. The number of carbonyl (C=O) groups excluding carboxylic acids is 2. The molecule has 2 aromatic carbocycles. The van der Waals surface area contributed by atoms with E-state index in [9.17, 15) is 9.59 Å². The second-order valence-corrected chi connectivity index (χ2v) is 7.62. The molecule has 0 atom stereocenters. The van der Waals surface area contributed by atoms with Gasteiger partial charge < -0.3 is 16.0 Å². The van der Waals surface area contributed by atoms with Gasteiger partial charge in [-0.3, -0.25) is 9.59 Å². The summed E-state index contributed by atoms with van der Waals surface area (Å²) < 4.78 is 0. The fraction of sp³-hybridized carbons (Fsp3) is 0.190. The van der Waals surface area contributed by atoms with Crippen molar-refractivity contribution in [1.82, 2.24) is 10.3 Å². The van der Waals surface area contributed by atoms with Crippen LogP contribution in [0.3, 0.4) is 0 Å². The summed E-state index contributed by atoms with van der Waals surface area (Å²) in [6.45, 7) is 1.96. The zero-order chi connectivity index (χ0) is 19.5. The summed E-state index contributed by atoms with van der Waals surface area (Å²) in [7, 11) is 0. The maximum atomic E-state index is 12.4. The Morgan fingerprint density at radius 1 is 1.07 bits per heavy atom. The molecule has 0 aliphatic heterocycles. The largest absolute Gasteiger partial charge is 0.349 e. The summed E-state index contributed by atoms with van der Waals surface area (Å²) in [5, 5.41) is 11.3. The Hall–Kier alpha value is -3.19. The van der Waals surface area contributed by atoms with Crippen LogP contribution in [0.15, 0.2) is 53.9 Å². The van der Waals surface area contributed by atoms with E-state index in [-0.39, 0.29) is 11.8 Å². The quantitative estimate of drug-likeness (QED) is 0.583. The van der Waals surface area contributed by atoms with Gasteiger partial charge >= 0.3 is 0 Å². The van der Waals surface area contributed by atoms with Crippen molar-refractivity contribution in [2.24, 2.45) is 0 Å². The topological polar surface area (TPSA) is 83.1 Å². The number of para-hydroxylation sites is 1. The van der Waals surface area contributed by atoms with Crippen LogP contribution < -0.4 is 16.0 Å². The van der Waals surface area contributed by atoms with E-state index in [1.165, 1.54) is 11.3 Å². The lowest BCUT2D eigenvalue weighted by Crippen LogP contribution is -2.25. The molecule has 6 nitrogen and oxygen atoms in total. The second-order valence-electron chi connectivity index (χ2n) is 6.76. The lowest BCUT2D eigenvalue weighted by molar-refractivity contribution is 0.0950.